The average Bonchev–Trinajstić information content (AvgIpc) is 3.13. The molecule has 1 saturated heterocycles. The summed E-state index contributed by atoms with van der Waals surface area (Å²) in [6, 6.07) is 48.9. The summed E-state index contributed by atoms with van der Waals surface area (Å²) >= 11 is 1.53. The Morgan fingerprint density at radius 3 is 1.57 bits per heavy atom. The Bertz CT molecular complexity index is 1620. The van der Waals surface area contributed by atoms with E-state index in [0.717, 1.165) is 21.6 Å². The van der Waals surface area contributed by atoms with E-state index in [1.807, 2.05) is 140 Å². The van der Waals surface area contributed by atoms with Crippen molar-refractivity contribution in [2.24, 2.45) is 0 Å². The second-order valence-electron chi connectivity index (χ2n) is 11.2. The van der Waals surface area contributed by atoms with Crippen molar-refractivity contribution in [3.8, 4) is 0 Å². The highest BCUT2D eigenvalue weighted by Crippen LogP contribution is 2.38. The molecule has 6 rings (SSSR count). The molecule has 0 aliphatic carbocycles. The molecule has 1 aliphatic rings. The standard InChI is InChI=1S/C40H38O6S/c41-39(33-22-12-4-13-23-33)46-37-36(43-27-31-18-8-2-9-19-31)35(29-42-26-30-16-6-1-7-17-30)45-40(47-34-24-14-5-15-25-34)38(37)44-28-32-20-10-3-11-21-32/h1-25,35-38,40H,26-29H2/t35-,36-,37+,38-,40+/m1/s1. The molecule has 1 aliphatic heterocycles. The fourth-order valence-electron chi connectivity index (χ4n) is 5.42. The third kappa shape index (κ3) is 9.41. The highest BCUT2D eigenvalue weighted by atomic mass is 32.2. The molecule has 0 amide bonds. The van der Waals surface area contributed by atoms with E-state index in [-0.39, 0.29) is 6.61 Å². The molecule has 0 N–H and O–H groups in total. The zero-order chi connectivity index (χ0) is 32.1. The number of rotatable bonds is 14. The highest BCUT2D eigenvalue weighted by Gasteiger charge is 2.50. The van der Waals surface area contributed by atoms with Gasteiger partial charge in [0.25, 0.3) is 0 Å². The van der Waals surface area contributed by atoms with Gasteiger partial charge in [-0.3, -0.25) is 0 Å². The first-order valence-electron chi connectivity index (χ1n) is 15.8. The normalized spacial score (nSPS) is 20.8. The van der Waals surface area contributed by atoms with Crippen LogP contribution in [0.5, 0.6) is 0 Å². The molecule has 0 radical (unpaired) electrons. The van der Waals surface area contributed by atoms with Crippen molar-refractivity contribution >= 4 is 17.7 Å². The molecule has 0 unspecified atom stereocenters. The van der Waals surface area contributed by atoms with E-state index in [1.165, 1.54) is 11.8 Å². The van der Waals surface area contributed by atoms with E-state index in [2.05, 4.69) is 0 Å². The van der Waals surface area contributed by atoms with Crippen LogP contribution in [-0.4, -0.2) is 42.4 Å². The molecule has 0 aromatic heterocycles. The maximum atomic E-state index is 13.7. The van der Waals surface area contributed by atoms with E-state index in [9.17, 15) is 4.79 Å². The first kappa shape index (κ1) is 32.7. The van der Waals surface area contributed by atoms with Crippen molar-refractivity contribution in [2.45, 2.75) is 54.6 Å². The fraction of sp³-hybridized carbons (Fsp3) is 0.225. The van der Waals surface area contributed by atoms with E-state index < -0.39 is 35.8 Å². The van der Waals surface area contributed by atoms with Gasteiger partial charge < -0.3 is 23.7 Å². The van der Waals surface area contributed by atoms with Crippen molar-refractivity contribution in [1.82, 2.24) is 0 Å². The van der Waals surface area contributed by atoms with Crippen LogP contribution in [0.15, 0.2) is 157 Å². The van der Waals surface area contributed by atoms with Crippen molar-refractivity contribution in [1.29, 1.82) is 0 Å². The van der Waals surface area contributed by atoms with Gasteiger partial charge in [0.05, 0.1) is 32.0 Å². The lowest BCUT2D eigenvalue weighted by atomic mass is 9.98. The van der Waals surface area contributed by atoms with Gasteiger partial charge in [-0.1, -0.05) is 139 Å². The van der Waals surface area contributed by atoms with Gasteiger partial charge in [0, 0.05) is 4.90 Å². The van der Waals surface area contributed by atoms with Crippen LogP contribution in [-0.2, 0) is 43.5 Å². The van der Waals surface area contributed by atoms with E-state index in [1.54, 1.807) is 12.1 Å². The number of hydrogen-bond donors (Lipinski definition) is 0. The zero-order valence-electron chi connectivity index (χ0n) is 26.0. The number of carbonyl (C=O) groups is 1. The minimum absolute atomic E-state index is 0.227. The second-order valence-corrected chi connectivity index (χ2v) is 12.4. The third-order valence-corrected chi connectivity index (χ3v) is 8.96. The van der Waals surface area contributed by atoms with E-state index in [4.69, 9.17) is 23.7 Å². The molecular weight excluding hydrogens is 609 g/mol. The van der Waals surface area contributed by atoms with Gasteiger partial charge in [-0.25, -0.2) is 4.79 Å². The zero-order valence-corrected chi connectivity index (χ0v) is 26.8. The van der Waals surface area contributed by atoms with E-state index >= 15 is 0 Å². The molecule has 0 spiro atoms. The van der Waals surface area contributed by atoms with Crippen molar-refractivity contribution in [3.63, 3.8) is 0 Å². The van der Waals surface area contributed by atoms with Crippen molar-refractivity contribution in [2.75, 3.05) is 6.61 Å². The number of carbonyl (C=O) groups excluding carboxylic acids is 1. The van der Waals surface area contributed by atoms with Gasteiger partial charge in [0.2, 0.25) is 0 Å². The van der Waals surface area contributed by atoms with Crippen LogP contribution in [0.4, 0.5) is 0 Å². The van der Waals surface area contributed by atoms with Gasteiger partial charge in [-0.15, -0.1) is 0 Å². The predicted octanol–water partition coefficient (Wildman–Crippen LogP) is 8.12. The topological polar surface area (TPSA) is 63.2 Å². The number of thioether (sulfide) groups is 1. The number of ether oxygens (including phenoxy) is 5. The molecule has 1 heterocycles. The van der Waals surface area contributed by atoms with Crippen LogP contribution < -0.4 is 0 Å². The summed E-state index contributed by atoms with van der Waals surface area (Å²) < 4.78 is 32.8. The molecule has 240 valence electrons. The summed E-state index contributed by atoms with van der Waals surface area (Å²) in [6.45, 7) is 1.24. The minimum atomic E-state index is -0.810. The Labute approximate surface area is 280 Å². The SMILES string of the molecule is O=C(O[C@@H]1[C@@H](OCc2ccccc2)[C@H](Sc2ccccc2)O[C@H](COCc2ccccc2)[C@H]1OCc1ccccc1)c1ccccc1. The number of benzene rings is 5. The monoisotopic (exact) mass is 646 g/mol. The molecule has 5 aromatic carbocycles. The largest absolute Gasteiger partial charge is 0.453 e. The molecular formula is C40H38O6S. The van der Waals surface area contributed by atoms with Crippen LogP contribution in [0.25, 0.3) is 0 Å². The molecule has 6 nitrogen and oxygen atoms in total. The van der Waals surface area contributed by atoms with Crippen LogP contribution >= 0.6 is 11.8 Å². The van der Waals surface area contributed by atoms with Gasteiger partial charge in [-0.05, 0) is 41.0 Å². The summed E-state index contributed by atoms with van der Waals surface area (Å²) in [5.41, 5.74) is 2.96. The Balaban J connectivity index is 1.34. The Morgan fingerprint density at radius 2 is 1.02 bits per heavy atom. The molecule has 5 atom stereocenters. The van der Waals surface area contributed by atoms with Crippen molar-refractivity contribution in [3.05, 3.63) is 174 Å². The van der Waals surface area contributed by atoms with Gasteiger partial charge in [-0.2, -0.15) is 0 Å². The smallest absolute Gasteiger partial charge is 0.338 e. The summed E-state index contributed by atoms with van der Waals surface area (Å²) in [4.78, 5) is 14.7. The quantitative estimate of drug-likeness (QED) is 0.113. The molecule has 5 aromatic rings. The molecule has 0 saturated carbocycles. The Morgan fingerprint density at radius 1 is 0.553 bits per heavy atom. The summed E-state index contributed by atoms with van der Waals surface area (Å²) in [7, 11) is 0. The lowest BCUT2D eigenvalue weighted by Crippen LogP contribution is -2.60. The minimum Gasteiger partial charge on any atom is -0.453 e. The van der Waals surface area contributed by atoms with Crippen molar-refractivity contribution < 1.29 is 28.5 Å². The predicted molar refractivity (Wildman–Crippen MR) is 183 cm³/mol. The van der Waals surface area contributed by atoms with Crippen LogP contribution in [0.2, 0.25) is 0 Å². The molecule has 47 heavy (non-hydrogen) atoms. The van der Waals surface area contributed by atoms with Gasteiger partial charge in [0.15, 0.2) is 6.10 Å². The van der Waals surface area contributed by atoms with Gasteiger partial charge in [0.1, 0.15) is 23.7 Å². The fourth-order valence-corrected chi connectivity index (χ4v) is 6.57. The van der Waals surface area contributed by atoms with Crippen LogP contribution in [0.3, 0.4) is 0 Å². The molecule has 0 bridgehead atoms. The lowest BCUT2D eigenvalue weighted by Gasteiger charge is -2.45. The van der Waals surface area contributed by atoms with Crippen LogP contribution in [0, 0.1) is 0 Å². The summed E-state index contributed by atoms with van der Waals surface area (Å²) in [6.07, 6.45) is -2.73. The summed E-state index contributed by atoms with van der Waals surface area (Å²) in [5, 5.41) is 0. The number of esters is 1. The first-order chi connectivity index (χ1) is 23.2. The lowest BCUT2D eigenvalue weighted by molar-refractivity contribution is -0.240. The average molecular weight is 647 g/mol. The maximum absolute atomic E-state index is 13.7. The van der Waals surface area contributed by atoms with Gasteiger partial charge >= 0.3 is 5.97 Å². The first-order valence-corrected chi connectivity index (χ1v) is 16.7. The summed E-state index contributed by atoms with van der Waals surface area (Å²) in [5.74, 6) is -0.452. The second kappa shape index (κ2) is 17.1. The molecule has 1 fully saturated rings. The highest BCUT2D eigenvalue weighted by molar-refractivity contribution is 7.99. The van der Waals surface area contributed by atoms with Crippen LogP contribution in [0.1, 0.15) is 27.0 Å². The Kier molecular flexibility index (Phi) is 11.9. The maximum Gasteiger partial charge on any atom is 0.338 e. The number of hydrogen-bond acceptors (Lipinski definition) is 7. The Hall–Kier alpha value is -4.24. The third-order valence-electron chi connectivity index (χ3n) is 7.80. The van der Waals surface area contributed by atoms with E-state index in [0.29, 0.717) is 25.4 Å². The molecule has 7 heteroatoms.